The van der Waals surface area contributed by atoms with E-state index >= 15 is 0 Å². The fourth-order valence-corrected chi connectivity index (χ4v) is 2.92. The van der Waals surface area contributed by atoms with Gasteiger partial charge in [-0.3, -0.25) is 9.59 Å². The van der Waals surface area contributed by atoms with Crippen molar-refractivity contribution in [3.05, 3.63) is 56.2 Å². The molecule has 0 aliphatic rings. The minimum Gasteiger partial charge on any atom is -0.469 e. The van der Waals surface area contributed by atoms with Gasteiger partial charge in [-0.05, 0) is 30.7 Å². The van der Waals surface area contributed by atoms with Gasteiger partial charge in [0.25, 0.3) is 0 Å². The second kappa shape index (κ2) is 6.20. The molecule has 3 nitrogen and oxygen atoms in total. The molecule has 20 heavy (non-hydrogen) atoms. The Morgan fingerprint density at radius 1 is 1.25 bits per heavy atom. The first-order valence-corrected chi connectivity index (χ1v) is 7.17. The van der Waals surface area contributed by atoms with E-state index in [0.717, 1.165) is 10.4 Å². The Balaban J connectivity index is 2.26. The minimum atomic E-state index is -0.320. The number of ether oxygens (including phenoxy) is 1. The highest BCUT2D eigenvalue weighted by atomic mass is 35.5. The van der Waals surface area contributed by atoms with E-state index in [9.17, 15) is 9.59 Å². The lowest BCUT2D eigenvalue weighted by molar-refractivity contribution is -0.139. The number of hydrogen-bond donors (Lipinski definition) is 0. The van der Waals surface area contributed by atoms with Crippen molar-refractivity contribution in [2.24, 2.45) is 0 Å². The highest BCUT2D eigenvalue weighted by Crippen LogP contribution is 2.26. The van der Waals surface area contributed by atoms with Gasteiger partial charge >= 0.3 is 5.97 Å². The van der Waals surface area contributed by atoms with E-state index in [1.54, 1.807) is 24.3 Å². The summed E-state index contributed by atoms with van der Waals surface area (Å²) in [6.07, 6.45) is 0.177. The summed E-state index contributed by atoms with van der Waals surface area (Å²) in [4.78, 5) is 25.0. The molecule has 1 aromatic heterocycles. The van der Waals surface area contributed by atoms with Crippen LogP contribution in [0.2, 0.25) is 5.02 Å². The number of methoxy groups -OCH3 is 1. The Morgan fingerprint density at radius 2 is 2.00 bits per heavy atom. The highest BCUT2D eigenvalue weighted by Gasteiger charge is 2.16. The van der Waals surface area contributed by atoms with Crippen molar-refractivity contribution < 1.29 is 14.3 Å². The first-order chi connectivity index (χ1) is 9.52. The standard InChI is InChI=1S/C15H13ClO3S/c1-9-4-3-5-11(14(9)16)15(18)12-7-6-10(20-12)8-13(17)19-2/h3-7H,8H2,1-2H3. The van der Waals surface area contributed by atoms with Gasteiger partial charge in [0.05, 0.1) is 23.4 Å². The average Bonchev–Trinajstić information content (AvgIpc) is 2.89. The monoisotopic (exact) mass is 308 g/mol. The van der Waals surface area contributed by atoms with E-state index in [1.165, 1.54) is 18.4 Å². The molecule has 0 atom stereocenters. The number of rotatable bonds is 4. The molecule has 0 spiro atoms. The summed E-state index contributed by atoms with van der Waals surface area (Å²) in [5.74, 6) is -0.445. The van der Waals surface area contributed by atoms with Gasteiger partial charge < -0.3 is 4.74 Å². The molecular weight excluding hydrogens is 296 g/mol. The van der Waals surface area contributed by atoms with E-state index < -0.39 is 0 Å². The molecule has 1 heterocycles. The average molecular weight is 309 g/mol. The van der Waals surface area contributed by atoms with Crippen molar-refractivity contribution in [2.45, 2.75) is 13.3 Å². The van der Waals surface area contributed by atoms with Gasteiger partial charge in [0, 0.05) is 10.4 Å². The highest BCUT2D eigenvalue weighted by molar-refractivity contribution is 7.14. The number of carbonyl (C=O) groups excluding carboxylic acids is 2. The van der Waals surface area contributed by atoms with Crippen LogP contribution in [-0.4, -0.2) is 18.9 Å². The van der Waals surface area contributed by atoms with Crippen LogP contribution in [0, 0.1) is 6.92 Å². The number of thiophene rings is 1. The SMILES string of the molecule is COC(=O)Cc1ccc(C(=O)c2cccc(C)c2Cl)s1. The first-order valence-electron chi connectivity index (χ1n) is 5.98. The summed E-state index contributed by atoms with van der Waals surface area (Å²) in [5, 5.41) is 0.473. The molecule has 0 aliphatic heterocycles. The zero-order chi connectivity index (χ0) is 14.7. The Morgan fingerprint density at radius 3 is 2.70 bits per heavy atom. The quantitative estimate of drug-likeness (QED) is 0.639. The second-order valence-electron chi connectivity index (χ2n) is 4.28. The largest absolute Gasteiger partial charge is 0.469 e. The summed E-state index contributed by atoms with van der Waals surface area (Å²) in [5.41, 5.74) is 1.35. The Bertz CT molecular complexity index is 661. The Hall–Kier alpha value is -1.65. The van der Waals surface area contributed by atoms with Crippen LogP contribution in [-0.2, 0) is 16.0 Å². The molecular formula is C15H13ClO3S. The number of esters is 1. The van der Waals surface area contributed by atoms with Crippen LogP contribution < -0.4 is 0 Å². The van der Waals surface area contributed by atoms with E-state index in [1.807, 2.05) is 13.0 Å². The summed E-state index contributed by atoms with van der Waals surface area (Å²) in [6.45, 7) is 1.86. The molecule has 0 bridgehead atoms. The fourth-order valence-electron chi connectivity index (χ4n) is 1.76. The van der Waals surface area contributed by atoms with Crippen LogP contribution in [0.25, 0.3) is 0 Å². The molecule has 1 aromatic carbocycles. The van der Waals surface area contributed by atoms with E-state index in [-0.39, 0.29) is 18.2 Å². The van der Waals surface area contributed by atoms with Crippen molar-refractivity contribution in [2.75, 3.05) is 7.11 Å². The molecule has 0 saturated carbocycles. The third-order valence-electron chi connectivity index (χ3n) is 2.87. The van der Waals surface area contributed by atoms with Crippen LogP contribution in [0.3, 0.4) is 0 Å². The number of carbonyl (C=O) groups is 2. The van der Waals surface area contributed by atoms with E-state index in [4.69, 9.17) is 11.6 Å². The number of aryl methyl sites for hydroxylation is 1. The molecule has 104 valence electrons. The molecule has 0 aliphatic carbocycles. The third-order valence-corrected chi connectivity index (χ3v) is 4.45. The maximum Gasteiger partial charge on any atom is 0.310 e. The number of benzene rings is 1. The smallest absolute Gasteiger partial charge is 0.310 e. The van der Waals surface area contributed by atoms with E-state index in [2.05, 4.69) is 4.74 Å². The van der Waals surface area contributed by atoms with Crippen LogP contribution in [0.1, 0.15) is 25.7 Å². The molecule has 0 amide bonds. The van der Waals surface area contributed by atoms with Crippen LogP contribution in [0.15, 0.2) is 30.3 Å². The molecule has 2 aromatic rings. The molecule has 0 fully saturated rings. The predicted octanol–water partition coefficient (Wildman–Crippen LogP) is 3.66. The number of hydrogen-bond acceptors (Lipinski definition) is 4. The lowest BCUT2D eigenvalue weighted by Crippen LogP contribution is -2.02. The second-order valence-corrected chi connectivity index (χ2v) is 5.83. The molecule has 0 radical (unpaired) electrons. The number of halogens is 1. The van der Waals surface area contributed by atoms with Gasteiger partial charge in [0.15, 0.2) is 0 Å². The van der Waals surface area contributed by atoms with Gasteiger partial charge in [-0.15, -0.1) is 11.3 Å². The third kappa shape index (κ3) is 3.08. The summed E-state index contributed by atoms with van der Waals surface area (Å²) in [6, 6.07) is 8.84. The van der Waals surface area contributed by atoms with Gasteiger partial charge in [-0.25, -0.2) is 0 Å². The first kappa shape index (κ1) is 14.8. The lowest BCUT2D eigenvalue weighted by Gasteiger charge is -2.04. The van der Waals surface area contributed by atoms with Crippen LogP contribution >= 0.6 is 22.9 Å². The van der Waals surface area contributed by atoms with Crippen LogP contribution in [0.5, 0.6) is 0 Å². The molecule has 2 rings (SSSR count). The van der Waals surface area contributed by atoms with Crippen LogP contribution in [0.4, 0.5) is 0 Å². The normalized spacial score (nSPS) is 10.3. The van der Waals surface area contributed by atoms with Gasteiger partial charge in [0.2, 0.25) is 5.78 Å². The molecule has 0 N–H and O–H groups in total. The lowest BCUT2D eigenvalue weighted by atomic mass is 10.1. The maximum atomic E-state index is 12.4. The fraction of sp³-hybridized carbons (Fsp3) is 0.200. The topological polar surface area (TPSA) is 43.4 Å². The summed E-state index contributed by atoms with van der Waals surface area (Å²) < 4.78 is 4.61. The summed E-state index contributed by atoms with van der Waals surface area (Å²) in [7, 11) is 1.34. The van der Waals surface area contributed by atoms with Crippen molar-refractivity contribution in [3.63, 3.8) is 0 Å². The molecule has 0 saturated heterocycles. The zero-order valence-corrected chi connectivity index (χ0v) is 12.7. The van der Waals surface area contributed by atoms with Crippen molar-refractivity contribution in [1.29, 1.82) is 0 Å². The van der Waals surface area contributed by atoms with Gasteiger partial charge in [-0.2, -0.15) is 0 Å². The molecule has 0 unspecified atom stereocenters. The zero-order valence-electron chi connectivity index (χ0n) is 11.1. The van der Waals surface area contributed by atoms with Gasteiger partial charge in [-0.1, -0.05) is 23.7 Å². The maximum absolute atomic E-state index is 12.4. The Kier molecular flexibility index (Phi) is 4.57. The number of ketones is 1. The van der Waals surface area contributed by atoms with E-state index in [0.29, 0.717) is 15.5 Å². The van der Waals surface area contributed by atoms with Gasteiger partial charge in [0.1, 0.15) is 0 Å². The van der Waals surface area contributed by atoms with Crippen molar-refractivity contribution >= 4 is 34.7 Å². The predicted molar refractivity (Wildman–Crippen MR) is 79.7 cm³/mol. The Labute approximate surface area is 126 Å². The minimum absolute atomic E-state index is 0.125. The van der Waals surface area contributed by atoms with Crippen molar-refractivity contribution in [3.8, 4) is 0 Å². The summed E-state index contributed by atoms with van der Waals surface area (Å²) >= 11 is 7.45. The molecule has 5 heteroatoms. The van der Waals surface area contributed by atoms with Crippen molar-refractivity contribution in [1.82, 2.24) is 0 Å².